The maximum absolute atomic E-state index is 12.7. The van der Waals surface area contributed by atoms with E-state index in [0.717, 1.165) is 17.4 Å². The highest BCUT2D eigenvalue weighted by Crippen LogP contribution is 2.31. The van der Waals surface area contributed by atoms with Crippen molar-refractivity contribution in [1.82, 2.24) is 10.2 Å². The van der Waals surface area contributed by atoms with Crippen molar-refractivity contribution in [3.63, 3.8) is 0 Å². The second kappa shape index (κ2) is 10.7. The molecule has 10 heteroatoms. The Morgan fingerprint density at radius 2 is 1.66 bits per heavy atom. The van der Waals surface area contributed by atoms with E-state index in [0.29, 0.717) is 33.7 Å². The van der Waals surface area contributed by atoms with Gasteiger partial charge in [0.15, 0.2) is 0 Å². The molecule has 0 saturated heterocycles. The average molecular weight is 509 g/mol. The number of carbonyl (C=O) groups excluding carboxylic acids is 1. The Morgan fingerprint density at radius 1 is 0.971 bits per heavy atom. The van der Waals surface area contributed by atoms with Crippen LogP contribution in [0.15, 0.2) is 78.9 Å². The zero-order valence-electron chi connectivity index (χ0n) is 19.2. The number of nitrogens with zero attached hydrogens (tertiary/aromatic N) is 3. The summed E-state index contributed by atoms with van der Waals surface area (Å²) in [5.74, 6) is 0.164. The summed E-state index contributed by atoms with van der Waals surface area (Å²) < 4.78 is 32.1. The van der Waals surface area contributed by atoms with Crippen molar-refractivity contribution >= 4 is 38.1 Å². The van der Waals surface area contributed by atoms with Crippen LogP contribution in [0.1, 0.15) is 22.8 Å². The van der Waals surface area contributed by atoms with Crippen molar-refractivity contribution in [2.45, 2.75) is 13.5 Å². The average Bonchev–Trinajstić information content (AvgIpc) is 3.32. The van der Waals surface area contributed by atoms with E-state index in [1.165, 1.54) is 15.6 Å². The van der Waals surface area contributed by atoms with Gasteiger partial charge in [-0.25, -0.2) is 8.42 Å². The molecule has 0 saturated carbocycles. The van der Waals surface area contributed by atoms with Gasteiger partial charge in [-0.1, -0.05) is 65.9 Å². The summed E-state index contributed by atoms with van der Waals surface area (Å²) in [6.45, 7) is 2.36. The van der Waals surface area contributed by atoms with Gasteiger partial charge in [0.2, 0.25) is 15.2 Å². The Hall–Kier alpha value is -3.76. The van der Waals surface area contributed by atoms with Gasteiger partial charge in [-0.05, 0) is 36.8 Å². The molecule has 0 fully saturated rings. The minimum absolute atomic E-state index is 0.0989. The Balaban J connectivity index is 1.48. The number of hydrogen-bond donors (Lipinski definition) is 1. The van der Waals surface area contributed by atoms with E-state index in [1.54, 1.807) is 48.5 Å². The van der Waals surface area contributed by atoms with Gasteiger partial charge in [0.25, 0.3) is 5.91 Å². The molecule has 0 aliphatic rings. The zero-order chi connectivity index (χ0) is 24.8. The Bertz CT molecular complexity index is 1400. The van der Waals surface area contributed by atoms with E-state index in [-0.39, 0.29) is 12.5 Å². The Kier molecular flexibility index (Phi) is 7.42. The molecule has 0 atom stereocenters. The molecule has 0 aliphatic heterocycles. The molecular weight excluding hydrogens is 484 g/mol. The van der Waals surface area contributed by atoms with E-state index in [2.05, 4.69) is 15.5 Å². The zero-order valence-corrected chi connectivity index (χ0v) is 20.8. The summed E-state index contributed by atoms with van der Waals surface area (Å²) in [6.07, 6.45) is 1.16. The van der Waals surface area contributed by atoms with E-state index < -0.39 is 10.0 Å². The molecule has 0 bridgehead atoms. The summed E-state index contributed by atoms with van der Waals surface area (Å²) in [7, 11) is -3.58. The van der Waals surface area contributed by atoms with E-state index in [4.69, 9.17) is 4.74 Å². The Labute approximate surface area is 208 Å². The standard InChI is InChI=1S/C25H24N4O4S2/c1-3-33-22-12-8-7-11-21(22)29(35(2,31)32)17-18-13-15-19(16-14-18)23(30)26-25-28-27-24(34-25)20-9-5-4-6-10-20/h4-16H,3,17H2,1-2H3,(H,26,28,30). The second-order valence-electron chi connectivity index (χ2n) is 7.60. The van der Waals surface area contributed by atoms with Crippen LogP contribution in [-0.4, -0.2) is 37.4 Å². The van der Waals surface area contributed by atoms with Crippen molar-refractivity contribution in [1.29, 1.82) is 0 Å². The van der Waals surface area contributed by atoms with Gasteiger partial charge in [-0.2, -0.15) is 0 Å². The number of ether oxygens (including phenoxy) is 1. The van der Waals surface area contributed by atoms with Gasteiger partial charge in [0, 0.05) is 11.1 Å². The summed E-state index contributed by atoms with van der Waals surface area (Å²) in [4.78, 5) is 12.7. The van der Waals surface area contributed by atoms with E-state index in [1.807, 2.05) is 37.3 Å². The van der Waals surface area contributed by atoms with Crippen LogP contribution in [0.3, 0.4) is 0 Å². The molecule has 180 valence electrons. The van der Waals surface area contributed by atoms with Gasteiger partial charge in [0.1, 0.15) is 10.8 Å². The van der Waals surface area contributed by atoms with E-state index >= 15 is 0 Å². The lowest BCUT2D eigenvalue weighted by Gasteiger charge is -2.24. The minimum Gasteiger partial charge on any atom is -0.492 e. The van der Waals surface area contributed by atoms with Crippen LogP contribution >= 0.6 is 11.3 Å². The molecule has 35 heavy (non-hydrogen) atoms. The molecule has 0 aliphatic carbocycles. The molecule has 1 heterocycles. The molecule has 0 radical (unpaired) electrons. The van der Waals surface area contributed by atoms with Gasteiger partial charge in [-0.15, -0.1) is 10.2 Å². The van der Waals surface area contributed by atoms with Gasteiger partial charge in [0.05, 0.1) is 25.1 Å². The lowest BCUT2D eigenvalue weighted by Crippen LogP contribution is -2.29. The molecule has 1 amide bonds. The summed E-state index contributed by atoms with van der Waals surface area (Å²) in [6, 6.07) is 23.4. The van der Waals surface area contributed by atoms with Crippen molar-refractivity contribution in [3.8, 4) is 16.3 Å². The van der Waals surface area contributed by atoms with Crippen LogP contribution in [0.4, 0.5) is 10.8 Å². The van der Waals surface area contributed by atoms with Crippen LogP contribution in [0.25, 0.3) is 10.6 Å². The molecule has 0 unspecified atom stereocenters. The fraction of sp³-hybridized carbons (Fsp3) is 0.160. The first-order valence-electron chi connectivity index (χ1n) is 10.8. The number of sulfonamides is 1. The summed E-state index contributed by atoms with van der Waals surface area (Å²) in [5, 5.41) is 12.1. The third-order valence-electron chi connectivity index (χ3n) is 5.04. The number of carbonyl (C=O) groups is 1. The maximum Gasteiger partial charge on any atom is 0.257 e. The lowest BCUT2D eigenvalue weighted by atomic mass is 10.1. The number of benzene rings is 3. The molecule has 4 aromatic rings. The molecular formula is C25H24N4O4S2. The lowest BCUT2D eigenvalue weighted by molar-refractivity contribution is 0.102. The van der Waals surface area contributed by atoms with Crippen molar-refractivity contribution in [2.24, 2.45) is 0 Å². The topological polar surface area (TPSA) is 101 Å². The van der Waals surface area contributed by atoms with Crippen molar-refractivity contribution < 1.29 is 17.9 Å². The van der Waals surface area contributed by atoms with Crippen molar-refractivity contribution in [2.75, 3.05) is 22.5 Å². The third kappa shape index (κ3) is 6.03. The molecule has 0 spiro atoms. The maximum atomic E-state index is 12.7. The molecule has 8 nitrogen and oxygen atoms in total. The number of nitrogens with one attached hydrogen (secondary N) is 1. The summed E-state index contributed by atoms with van der Waals surface area (Å²) >= 11 is 1.29. The van der Waals surface area contributed by atoms with Crippen LogP contribution in [0.2, 0.25) is 0 Å². The fourth-order valence-electron chi connectivity index (χ4n) is 3.39. The first-order chi connectivity index (χ1) is 16.8. The first kappa shape index (κ1) is 24.4. The van der Waals surface area contributed by atoms with Crippen LogP contribution < -0.4 is 14.4 Å². The molecule has 1 N–H and O–H groups in total. The van der Waals surface area contributed by atoms with Crippen molar-refractivity contribution in [3.05, 3.63) is 90.0 Å². The van der Waals surface area contributed by atoms with Crippen LogP contribution in [0, 0.1) is 0 Å². The second-order valence-corrected chi connectivity index (χ2v) is 10.5. The molecule has 3 aromatic carbocycles. The number of hydrogen-bond acceptors (Lipinski definition) is 7. The quantitative estimate of drug-likeness (QED) is 0.348. The van der Waals surface area contributed by atoms with E-state index in [9.17, 15) is 13.2 Å². The Morgan fingerprint density at radius 3 is 2.34 bits per heavy atom. The molecule has 4 rings (SSSR count). The summed E-state index contributed by atoms with van der Waals surface area (Å²) in [5.41, 5.74) is 2.53. The predicted octanol–water partition coefficient (Wildman–Crippen LogP) is 4.82. The highest BCUT2D eigenvalue weighted by Gasteiger charge is 2.21. The van der Waals surface area contributed by atoms with Gasteiger partial charge < -0.3 is 4.74 Å². The number of para-hydroxylation sites is 2. The first-order valence-corrected chi connectivity index (χ1v) is 13.5. The highest BCUT2D eigenvalue weighted by atomic mass is 32.2. The number of amides is 1. The highest BCUT2D eigenvalue weighted by molar-refractivity contribution is 7.92. The monoisotopic (exact) mass is 508 g/mol. The normalized spacial score (nSPS) is 11.1. The van der Waals surface area contributed by atoms with Gasteiger partial charge in [-0.3, -0.25) is 14.4 Å². The molecule has 1 aromatic heterocycles. The predicted molar refractivity (Wildman–Crippen MR) is 138 cm³/mol. The number of anilines is 2. The number of rotatable bonds is 9. The largest absolute Gasteiger partial charge is 0.492 e. The van der Waals surface area contributed by atoms with Crippen LogP contribution in [0.5, 0.6) is 5.75 Å². The smallest absolute Gasteiger partial charge is 0.257 e. The SMILES string of the molecule is CCOc1ccccc1N(Cc1ccc(C(=O)Nc2nnc(-c3ccccc3)s2)cc1)S(C)(=O)=O. The van der Waals surface area contributed by atoms with Crippen LogP contribution in [-0.2, 0) is 16.6 Å². The van der Waals surface area contributed by atoms with Gasteiger partial charge >= 0.3 is 0 Å². The third-order valence-corrected chi connectivity index (χ3v) is 7.06. The fourth-order valence-corrected chi connectivity index (χ4v) is 5.03. The number of aromatic nitrogens is 2. The minimum atomic E-state index is -3.58.